The van der Waals surface area contributed by atoms with Crippen LogP contribution in [0, 0.1) is 0 Å². The summed E-state index contributed by atoms with van der Waals surface area (Å²) in [5, 5.41) is 0. The van der Waals surface area contributed by atoms with Crippen molar-refractivity contribution in [3.63, 3.8) is 0 Å². The Morgan fingerprint density at radius 1 is 1.13 bits per heavy atom. The average Bonchev–Trinajstić information content (AvgIpc) is 3.23. The maximum Gasteiger partial charge on any atom is 0.254 e. The lowest BCUT2D eigenvalue weighted by Gasteiger charge is -2.48. The second-order valence-corrected chi connectivity index (χ2v) is 8.28. The molecule has 2 aromatic rings. The van der Waals surface area contributed by atoms with Crippen molar-refractivity contribution in [1.82, 2.24) is 9.80 Å². The van der Waals surface area contributed by atoms with E-state index in [1.54, 1.807) is 7.11 Å². The fraction of sp³-hybridized carbons (Fsp3) is 0.375. The molecule has 156 valence electrons. The molecule has 0 bridgehead atoms. The molecule has 0 spiro atoms. The minimum atomic E-state index is 0.0399. The van der Waals surface area contributed by atoms with Crippen LogP contribution in [0.15, 0.2) is 48.6 Å². The Labute approximate surface area is 176 Å². The summed E-state index contributed by atoms with van der Waals surface area (Å²) < 4.78 is 16.5. The second-order valence-electron chi connectivity index (χ2n) is 8.28. The van der Waals surface area contributed by atoms with Crippen molar-refractivity contribution < 1.29 is 19.0 Å². The number of carbonyl (C=O) groups is 1. The number of hydrogen-bond acceptors (Lipinski definition) is 5. The van der Waals surface area contributed by atoms with E-state index in [1.807, 2.05) is 35.2 Å². The van der Waals surface area contributed by atoms with Gasteiger partial charge in [-0.15, -0.1) is 0 Å². The van der Waals surface area contributed by atoms with Crippen LogP contribution in [-0.4, -0.2) is 55.8 Å². The highest BCUT2D eigenvalue weighted by molar-refractivity contribution is 5.95. The third-order valence-electron chi connectivity index (χ3n) is 6.41. The van der Waals surface area contributed by atoms with Crippen LogP contribution < -0.4 is 14.2 Å². The summed E-state index contributed by atoms with van der Waals surface area (Å²) >= 11 is 0. The number of amides is 1. The topological polar surface area (TPSA) is 51.2 Å². The van der Waals surface area contributed by atoms with Crippen LogP contribution in [0.2, 0.25) is 0 Å². The van der Waals surface area contributed by atoms with Crippen LogP contribution >= 0.6 is 0 Å². The molecular formula is C24H26N2O4. The number of carbonyl (C=O) groups excluding carboxylic acids is 1. The van der Waals surface area contributed by atoms with Crippen LogP contribution in [0.4, 0.5) is 0 Å². The van der Waals surface area contributed by atoms with Crippen LogP contribution in [0.5, 0.6) is 17.2 Å². The molecule has 2 aliphatic heterocycles. The predicted molar refractivity (Wildman–Crippen MR) is 113 cm³/mol. The van der Waals surface area contributed by atoms with Crippen molar-refractivity contribution in [3.8, 4) is 17.2 Å². The van der Waals surface area contributed by atoms with Gasteiger partial charge >= 0.3 is 0 Å². The Hall–Kier alpha value is -2.99. The third-order valence-corrected chi connectivity index (χ3v) is 6.41. The van der Waals surface area contributed by atoms with Crippen molar-refractivity contribution >= 4 is 5.91 Å². The molecule has 3 atom stereocenters. The molecule has 0 fully saturated rings. The molecule has 6 heteroatoms. The highest BCUT2D eigenvalue weighted by Crippen LogP contribution is 2.46. The van der Waals surface area contributed by atoms with E-state index < -0.39 is 0 Å². The largest absolute Gasteiger partial charge is 0.497 e. The van der Waals surface area contributed by atoms with E-state index in [-0.39, 0.29) is 30.7 Å². The molecule has 0 aromatic heterocycles. The number of benzene rings is 2. The summed E-state index contributed by atoms with van der Waals surface area (Å²) in [6, 6.07) is 11.7. The first-order valence-corrected chi connectivity index (χ1v) is 10.3. The molecule has 1 amide bonds. The normalized spacial score (nSPS) is 23.9. The maximum absolute atomic E-state index is 13.7. The molecule has 6 nitrogen and oxygen atoms in total. The summed E-state index contributed by atoms with van der Waals surface area (Å²) in [7, 11) is 5.77. The van der Waals surface area contributed by atoms with Crippen molar-refractivity contribution in [3.05, 3.63) is 65.2 Å². The molecule has 2 heterocycles. The first-order chi connectivity index (χ1) is 14.6. The fourth-order valence-electron chi connectivity index (χ4n) is 4.92. The predicted octanol–water partition coefficient (Wildman–Crippen LogP) is 3.42. The number of hydrogen-bond donors (Lipinski definition) is 0. The minimum Gasteiger partial charge on any atom is -0.497 e. The molecule has 30 heavy (non-hydrogen) atoms. The van der Waals surface area contributed by atoms with Gasteiger partial charge in [0.15, 0.2) is 11.5 Å². The number of ether oxygens (including phenoxy) is 3. The van der Waals surface area contributed by atoms with Crippen LogP contribution in [0.25, 0.3) is 0 Å². The number of rotatable bonds is 3. The zero-order chi connectivity index (χ0) is 20.8. The van der Waals surface area contributed by atoms with Gasteiger partial charge in [-0.25, -0.2) is 0 Å². The van der Waals surface area contributed by atoms with Gasteiger partial charge in [0.05, 0.1) is 13.2 Å². The molecule has 0 saturated heterocycles. The molecule has 3 aliphatic rings. The molecule has 0 N–H and O–H groups in total. The number of fused-ring (bicyclic) bond motifs is 4. The van der Waals surface area contributed by atoms with Crippen molar-refractivity contribution in [2.75, 3.05) is 28.0 Å². The number of nitrogens with zero attached hydrogens (tertiary/aromatic N) is 2. The van der Waals surface area contributed by atoms with Gasteiger partial charge in [0.1, 0.15) is 5.75 Å². The van der Waals surface area contributed by atoms with E-state index in [1.165, 1.54) is 5.56 Å². The van der Waals surface area contributed by atoms with Crippen molar-refractivity contribution in [2.24, 2.45) is 0 Å². The van der Waals surface area contributed by atoms with E-state index in [0.717, 1.165) is 29.2 Å². The number of allylic oxidation sites excluding steroid dienone is 1. The zero-order valence-corrected chi connectivity index (χ0v) is 17.5. The van der Waals surface area contributed by atoms with Crippen molar-refractivity contribution in [1.29, 1.82) is 0 Å². The smallest absolute Gasteiger partial charge is 0.254 e. The van der Waals surface area contributed by atoms with Gasteiger partial charge in [0.25, 0.3) is 5.91 Å². The highest BCUT2D eigenvalue weighted by Gasteiger charge is 2.44. The Balaban J connectivity index is 1.58. The Morgan fingerprint density at radius 3 is 2.57 bits per heavy atom. The number of likely N-dealkylation sites (N-methyl/N-ethyl adjacent to an activating group) is 1. The van der Waals surface area contributed by atoms with E-state index in [2.05, 4.69) is 37.2 Å². The monoisotopic (exact) mass is 406 g/mol. The number of methoxy groups -OCH3 is 1. The Kier molecular flexibility index (Phi) is 4.66. The molecular weight excluding hydrogens is 380 g/mol. The lowest BCUT2D eigenvalue weighted by Crippen LogP contribution is -2.56. The molecule has 5 rings (SSSR count). The van der Waals surface area contributed by atoms with E-state index in [4.69, 9.17) is 14.2 Å². The van der Waals surface area contributed by atoms with Crippen LogP contribution in [-0.2, 0) is 6.54 Å². The van der Waals surface area contributed by atoms with E-state index in [9.17, 15) is 4.79 Å². The van der Waals surface area contributed by atoms with Gasteiger partial charge < -0.3 is 24.0 Å². The van der Waals surface area contributed by atoms with Crippen LogP contribution in [0.3, 0.4) is 0 Å². The van der Waals surface area contributed by atoms with E-state index in [0.29, 0.717) is 12.1 Å². The molecule has 1 unspecified atom stereocenters. The Morgan fingerprint density at radius 2 is 1.87 bits per heavy atom. The van der Waals surface area contributed by atoms with Gasteiger partial charge in [0.2, 0.25) is 6.79 Å². The molecule has 1 aliphatic carbocycles. The third kappa shape index (κ3) is 3.03. The standard InChI is InChI=1S/C24H26N2O4/c1-25(2)20-6-4-5-18-19-12-22-21(29-14-30-22)11-16(19)13-26(23(18)20)24(27)15-7-9-17(28-3)10-8-15/h4,6-12,18,20,23H,5,13-14H2,1-3H3/t18-,20-,23?/m0/s1. The van der Waals surface area contributed by atoms with Gasteiger partial charge in [0, 0.05) is 24.1 Å². The SMILES string of the molecule is COc1ccc(C(=O)N2Cc3cc4c(cc3[C@@H]3CC=C[C@H](N(C)C)C32)OCO4)cc1. The fourth-order valence-corrected chi connectivity index (χ4v) is 4.92. The summed E-state index contributed by atoms with van der Waals surface area (Å²) in [4.78, 5) is 17.9. The summed E-state index contributed by atoms with van der Waals surface area (Å²) in [6.07, 6.45) is 5.36. The maximum atomic E-state index is 13.7. The lowest BCUT2D eigenvalue weighted by atomic mass is 9.74. The molecule has 0 radical (unpaired) electrons. The first-order valence-electron chi connectivity index (χ1n) is 10.3. The lowest BCUT2D eigenvalue weighted by molar-refractivity contribution is 0.0472. The first kappa shape index (κ1) is 19.0. The summed E-state index contributed by atoms with van der Waals surface area (Å²) in [6.45, 7) is 0.803. The minimum absolute atomic E-state index is 0.0399. The van der Waals surface area contributed by atoms with Gasteiger partial charge in [-0.05, 0) is 68.0 Å². The Bertz CT molecular complexity index is 999. The van der Waals surface area contributed by atoms with E-state index >= 15 is 0 Å². The molecule has 0 saturated carbocycles. The average molecular weight is 406 g/mol. The van der Waals surface area contributed by atoms with Crippen LogP contribution in [0.1, 0.15) is 33.8 Å². The van der Waals surface area contributed by atoms with Crippen molar-refractivity contribution in [2.45, 2.75) is 31.0 Å². The second kappa shape index (κ2) is 7.36. The summed E-state index contributed by atoms with van der Waals surface area (Å²) in [5.74, 6) is 2.56. The zero-order valence-electron chi connectivity index (χ0n) is 17.5. The highest BCUT2D eigenvalue weighted by atomic mass is 16.7. The van der Waals surface area contributed by atoms with Gasteiger partial charge in [-0.2, -0.15) is 0 Å². The molecule has 2 aromatic carbocycles. The summed E-state index contributed by atoms with van der Waals surface area (Å²) in [5.41, 5.74) is 3.07. The van der Waals surface area contributed by atoms with Gasteiger partial charge in [-0.3, -0.25) is 4.79 Å². The quantitative estimate of drug-likeness (QED) is 0.731. The van der Waals surface area contributed by atoms with Gasteiger partial charge in [-0.1, -0.05) is 12.2 Å².